The third-order valence-electron chi connectivity index (χ3n) is 3.84. The van der Waals surface area contributed by atoms with Crippen LogP contribution in [-0.2, 0) is 0 Å². The lowest BCUT2D eigenvalue weighted by Gasteiger charge is -2.35. The van der Waals surface area contributed by atoms with E-state index in [-0.39, 0.29) is 11.6 Å². The standard InChI is InChI=1S/C16H15BrN4O3/c17-12-3-1-11(2-4-12)15(22)21-7-5-20(6-8-21)14-10-18-13(9-19-14)16(23)24/h1-4,9-10H,5-8H2,(H,23,24). The Balaban J connectivity index is 1.62. The van der Waals surface area contributed by atoms with Gasteiger partial charge >= 0.3 is 5.97 Å². The lowest BCUT2D eigenvalue weighted by Crippen LogP contribution is -2.49. The summed E-state index contributed by atoms with van der Waals surface area (Å²) < 4.78 is 0.937. The van der Waals surface area contributed by atoms with Gasteiger partial charge in [0, 0.05) is 36.2 Å². The van der Waals surface area contributed by atoms with Crippen molar-refractivity contribution in [3.05, 3.63) is 52.4 Å². The van der Waals surface area contributed by atoms with Crippen LogP contribution in [0.2, 0.25) is 0 Å². The lowest BCUT2D eigenvalue weighted by molar-refractivity contribution is 0.0688. The van der Waals surface area contributed by atoms with Gasteiger partial charge in [-0.05, 0) is 24.3 Å². The first-order chi connectivity index (χ1) is 11.5. The summed E-state index contributed by atoms with van der Waals surface area (Å²) in [4.78, 5) is 35.1. The summed E-state index contributed by atoms with van der Waals surface area (Å²) in [6, 6.07) is 7.30. The second-order valence-corrected chi connectivity index (χ2v) is 6.27. The molecule has 0 aliphatic carbocycles. The smallest absolute Gasteiger partial charge is 0.356 e. The summed E-state index contributed by atoms with van der Waals surface area (Å²) in [6.45, 7) is 2.42. The fourth-order valence-corrected chi connectivity index (χ4v) is 2.77. The minimum Gasteiger partial charge on any atom is -0.476 e. The normalized spacial score (nSPS) is 14.5. The van der Waals surface area contributed by atoms with Crippen LogP contribution in [0, 0.1) is 0 Å². The first kappa shape index (κ1) is 16.4. The quantitative estimate of drug-likeness (QED) is 0.860. The van der Waals surface area contributed by atoms with Crippen molar-refractivity contribution in [3.8, 4) is 0 Å². The van der Waals surface area contributed by atoms with Gasteiger partial charge in [0.1, 0.15) is 5.82 Å². The van der Waals surface area contributed by atoms with Crippen LogP contribution in [0.3, 0.4) is 0 Å². The molecular formula is C16H15BrN4O3. The number of carboxylic acids is 1. The largest absolute Gasteiger partial charge is 0.476 e. The van der Waals surface area contributed by atoms with Crippen molar-refractivity contribution in [1.82, 2.24) is 14.9 Å². The second kappa shape index (κ2) is 6.96. The van der Waals surface area contributed by atoms with Gasteiger partial charge in [-0.3, -0.25) is 4.79 Å². The maximum atomic E-state index is 12.5. The molecule has 1 fully saturated rings. The molecule has 1 amide bonds. The number of hydrogen-bond donors (Lipinski definition) is 1. The Labute approximate surface area is 147 Å². The molecule has 0 spiro atoms. The van der Waals surface area contributed by atoms with E-state index in [0.717, 1.165) is 4.47 Å². The number of aromatic nitrogens is 2. The summed E-state index contributed by atoms with van der Waals surface area (Å²) in [5.74, 6) is -0.468. The SMILES string of the molecule is O=C(O)c1cnc(N2CCN(C(=O)c3ccc(Br)cc3)CC2)cn1. The maximum absolute atomic E-state index is 12.5. The van der Waals surface area contributed by atoms with Crippen molar-refractivity contribution in [1.29, 1.82) is 0 Å². The molecule has 124 valence electrons. The lowest BCUT2D eigenvalue weighted by atomic mass is 10.2. The Kier molecular flexibility index (Phi) is 4.75. The summed E-state index contributed by atoms with van der Waals surface area (Å²) in [5, 5.41) is 8.84. The van der Waals surface area contributed by atoms with E-state index < -0.39 is 5.97 Å². The van der Waals surface area contributed by atoms with Crippen molar-refractivity contribution < 1.29 is 14.7 Å². The minimum atomic E-state index is -1.10. The minimum absolute atomic E-state index is 0.00876. The highest BCUT2D eigenvalue weighted by Crippen LogP contribution is 2.16. The van der Waals surface area contributed by atoms with E-state index in [1.165, 1.54) is 12.4 Å². The molecule has 24 heavy (non-hydrogen) atoms. The maximum Gasteiger partial charge on any atom is 0.356 e. The molecule has 1 saturated heterocycles. The monoisotopic (exact) mass is 390 g/mol. The van der Waals surface area contributed by atoms with Gasteiger partial charge in [0.2, 0.25) is 0 Å². The molecular weight excluding hydrogens is 376 g/mol. The third kappa shape index (κ3) is 3.53. The fourth-order valence-electron chi connectivity index (χ4n) is 2.51. The molecule has 0 unspecified atom stereocenters. The van der Waals surface area contributed by atoms with E-state index in [1.807, 2.05) is 17.0 Å². The van der Waals surface area contributed by atoms with Crippen molar-refractivity contribution in [2.24, 2.45) is 0 Å². The highest BCUT2D eigenvalue weighted by atomic mass is 79.9. The Bertz CT molecular complexity index is 741. The molecule has 1 N–H and O–H groups in total. The van der Waals surface area contributed by atoms with Gasteiger partial charge in [0.25, 0.3) is 5.91 Å². The number of benzene rings is 1. The van der Waals surface area contributed by atoms with Gasteiger partial charge in [-0.25, -0.2) is 14.8 Å². The number of nitrogens with zero attached hydrogens (tertiary/aromatic N) is 4. The number of carboxylic acid groups (broad SMARTS) is 1. The number of carbonyl (C=O) groups is 2. The predicted octanol–water partition coefficient (Wildman–Crippen LogP) is 1.90. The third-order valence-corrected chi connectivity index (χ3v) is 4.37. The number of anilines is 1. The van der Waals surface area contributed by atoms with Gasteiger partial charge < -0.3 is 14.9 Å². The van der Waals surface area contributed by atoms with Crippen LogP contribution in [0.15, 0.2) is 41.1 Å². The Hall–Kier alpha value is -2.48. The summed E-state index contributed by atoms with van der Waals surface area (Å²) in [5.41, 5.74) is 0.583. The number of aromatic carboxylic acids is 1. The van der Waals surface area contributed by atoms with E-state index in [2.05, 4.69) is 25.9 Å². The van der Waals surface area contributed by atoms with Crippen LogP contribution >= 0.6 is 15.9 Å². The Morgan fingerprint density at radius 3 is 2.21 bits per heavy atom. The first-order valence-corrected chi connectivity index (χ1v) is 8.19. The van der Waals surface area contributed by atoms with Crippen LogP contribution < -0.4 is 4.90 Å². The second-order valence-electron chi connectivity index (χ2n) is 5.35. The van der Waals surface area contributed by atoms with E-state index in [0.29, 0.717) is 37.6 Å². The van der Waals surface area contributed by atoms with Gasteiger partial charge in [-0.1, -0.05) is 15.9 Å². The van der Waals surface area contributed by atoms with Crippen molar-refractivity contribution in [2.75, 3.05) is 31.1 Å². The number of carbonyl (C=O) groups excluding carboxylic acids is 1. The molecule has 0 bridgehead atoms. The fraction of sp³-hybridized carbons (Fsp3) is 0.250. The van der Waals surface area contributed by atoms with Crippen molar-refractivity contribution in [3.63, 3.8) is 0 Å². The zero-order chi connectivity index (χ0) is 17.1. The highest BCUT2D eigenvalue weighted by molar-refractivity contribution is 9.10. The Morgan fingerprint density at radius 1 is 1.00 bits per heavy atom. The number of rotatable bonds is 3. The van der Waals surface area contributed by atoms with Crippen LogP contribution in [-0.4, -0.2) is 58.0 Å². The molecule has 7 nitrogen and oxygen atoms in total. The van der Waals surface area contributed by atoms with Gasteiger partial charge in [-0.15, -0.1) is 0 Å². The molecule has 2 heterocycles. The van der Waals surface area contributed by atoms with E-state index in [1.54, 1.807) is 17.0 Å². The van der Waals surface area contributed by atoms with Crippen LogP contribution in [0.1, 0.15) is 20.8 Å². The number of amides is 1. The summed E-state index contributed by atoms with van der Waals surface area (Å²) in [6.07, 6.45) is 2.70. The zero-order valence-corrected chi connectivity index (χ0v) is 14.3. The molecule has 8 heteroatoms. The number of hydrogen-bond acceptors (Lipinski definition) is 5. The molecule has 0 atom stereocenters. The van der Waals surface area contributed by atoms with Gasteiger partial charge in [0.15, 0.2) is 5.69 Å². The first-order valence-electron chi connectivity index (χ1n) is 7.40. The highest BCUT2D eigenvalue weighted by Gasteiger charge is 2.23. The molecule has 1 aromatic heterocycles. The molecule has 1 aliphatic rings. The molecule has 1 aromatic carbocycles. The van der Waals surface area contributed by atoms with Crippen molar-refractivity contribution >= 4 is 33.6 Å². The number of halogens is 1. The molecule has 2 aromatic rings. The summed E-state index contributed by atoms with van der Waals surface area (Å²) >= 11 is 3.36. The van der Waals surface area contributed by atoms with Crippen LogP contribution in [0.5, 0.6) is 0 Å². The molecule has 1 aliphatic heterocycles. The topological polar surface area (TPSA) is 86.6 Å². The average molecular weight is 391 g/mol. The molecule has 0 saturated carbocycles. The number of piperazine rings is 1. The van der Waals surface area contributed by atoms with Crippen molar-refractivity contribution in [2.45, 2.75) is 0 Å². The summed E-state index contributed by atoms with van der Waals surface area (Å²) in [7, 11) is 0. The molecule has 0 radical (unpaired) electrons. The van der Waals surface area contributed by atoms with E-state index in [9.17, 15) is 9.59 Å². The average Bonchev–Trinajstić information content (AvgIpc) is 2.62. The van der Waals surface area contributed by atoms with E-state index in [4.69, 9.17) is 5.11 Å². The van der Waals surface area contributed by atoms with E-state index >= 15 is 0 Å². The van der Waals surface area contributed by atoms with Crippen LogP contribution in [0.25, 0.3) is 0 Å². The Morgan fingerprint density at radius 2 is 1.67 bits per heavy atom. The van der Waals surface area contributed by atoms with Gasteiger partial charge in [-0.2, -0.15) is 0 Å². The molecule has 3 rings (SSSR count). The van der Waals surface area contributed by atoms with Crippen LogP contribution in [0.4, 0.5) is 5.82 Å². The van der Waals surface area contributed by atoms with Gasteiger partial charge in [0.05, 0.1) is 12.4 Å². The predicted molar refractivity (Wildman–Crippen MR) is 91.2 cm³/mol. The zero-order valence-electron chi connectivity index (χ0n) is 12.7.